The molecule has 6 nitrogen and oxygen atoms in total. The topological polar surface area (TPSA) is 104 Å². The van der Waals surface area contributed by atoms with E-state index in [-0.39, 0.29) is 5.57 Å². The van der Waals surface area contributed by atoms with Gasteiger partial charge < -0.3 is 10.4 Å². The lowest BCUT2D eigenvalue weighted by Crippen LogP contribution is -2.50. The zero-order valence-corrected chi connectivity index (χ0v) is 8.76. The van der Waals surface area contributed by atoms with Gasteiger partial charge in [-0.1, -0.05) is 6.58 Å². The molecular formula is C7H13NO5S. The summed E-state index contributed by atoms with van der Waals surface area (Å²) in [5.74, 6) is -1.65. The molecule has 0 aromatic rings. The van der Waals surface area contributed by atoms with E-state index in [4.69, 9.17) is 4.55 Å². The smallest absolute Gasteiger partial charge is 0.269 e. The summed E-state index contributed by atoms with van der Waals surface area (Å²) in [7, 11) is -4.35. The number of hydrogen-bond donors (Lipinski definition) is 3. The summed E-state index contributed by atoms with van der Waals surface area (Å²) in [4.78, 5) is 11.0. The fourth-order valence-electron chi connectivity index (χ4n) is 0.743. The van der Waals surface area contributed by atoms with Crippen LogP contribution in [0.5, 0.6) is 0 Å². The first kappa shape index (κ1) is 13.1. The number of hydrogen-bond acceptors (Lipinski definition) is 4. The molecule has 7 heteroatoms. The minimum absolute atomic E-state index is 0.126. The molecule has 1 atom stereocenters. The van der Waals surface area contributed by atoms with Gasteiger partial charge in [-0.05, 0) is 13.8 Å². The van der Waals surface area contributed by atoms with E-state index in [1.54, 1.807) is 0 Å². The van der Waals surface area contributed by atoms with Crippen LogP contribution in [-0.2, 0) is 14.9 Å². The average Bonchev–Trinajstić information content (AvgIpc) is 1.78. The Balaban J connectivity index is 4.51. The van der Waals surface area contributed by atoms with Crippen LogP contribution < -0.4 is 5.32 Å². The lowest BCUT2D eigenvalue weighted by atomic mass is 10.2. The molecule has 0 aliphatic rings. The summed E-state index contributed by atoms with van der Waals surface area (Å²) < 4.78 is 29.3. The van der Waals surface area contributed by atoms with E-state index in [0.29, 0.717) is 0 Å². The number of rotatable bonds is 4. The van der Waals surface area contributed by atoms with Crippen molar-refractivity contribution in [1.82, 2.24) is 5.32 Å². The molecule has 0 aliphatic heterocycles. The Hall–Kier alpha value is -0.920. The van der Waals surface area contributed by atoms with Crippen molar-refractivity contribution in [3.05, 3.63) is 12.2 Å². The SMILES string of the molecule is C=C(C)C(=O)NC(C)(O)CS(=O)(=O)O. The highest BCUT2D eigenvalue weighted by Gasteiger charge is 2.28. The van der Waals surface area contributed by atoms with Gasteiger partial charge in [-0.15, -0.1) is 0 Å². The van der Waals surface area contributed by atoms with E-state index < -0.39 is 27.5 Å². The maximum absolute atomic E-state index is 11.0. The number of aliphatic hydroxyl groups is 1. The molecule has 0 radical (unpaired) electrons. The summed E-state index contributed by atoms with van der Waals surface area (Å²) in [6.45, 7) is 5.76. The minimum Gasteiger partial charge on any atom is -0.370 e. The zero-order valence-electron chi connectivity index (χ0n) is 7.94. The predicted molar refractivity (Wildman–Crippen MR) is 50.0 cm³/mol. The molecule has 14 heavy (non-hydrogen) atoms. The largest absolute Gasteiger partial charge is 0.370 e. The molecule has 0 saturated carbocycles. The van der Waals surface area contributed by atoms with E-state index >= 15 is 0 Å². The summed E-state index contributed by atoms with van der Waals surface area (Å²) in [5.41, 5.74) is -1.88. The Bertz CT molecular complexity index is 343. The maximum Gasteiger partial charge on any atom is 0.269 e. The molecule has 82 valence electrons. The van der Waals surface area contributed by atoms with Crippen LogP contribution in [-0.4, -0.2) is 35.5 Å². The molecule has 3 N–H and O–H groups in total. The van der Waals surface area contributed by atoms with Crippen LogP contribution in [0.4, 0.5) is 0 Å². The van der Waals surface area contributed by atoms with Crippen molar-refractivity contribution in [2.75, 3.05) is 5.75 Å². The van der Waals surface area contributed by atoms with Crippen LogP contribution >= 0.6 is 0 Å². The third-order valence-electron chi connectivity index (χ3n) is 1.23. The van der Waals surface area contributed by atoms with Crippen LogP contribution in [0.1, 0.15) is 13.8 Å². The normalized spacial score (nSPS) is 15.7. The van der Waals surface area contributed by atoms with E-state index in [1.165, 1.54) is 6.92 Å². The predicted octanol–water partition coefficient (Wildman–Crippen LogP) is -0.725. The lowest BCUT2D eigenvalue weighted by molar-refractivity contribution is -0.123. The van der Waals surface area contributed by atoms with Crippen molar-refractivity contribution in [2.45, 2.75) is 19.6 Å². The molecular weight excluding hydrogens is 210 g/mol. The molecule has 0 aromatic heterocycles. The third-order valence-corrected chi connectivity index (χ3v) is 2.16. The quantitative estimate of drug-likeness (QED) is 0.331. The Morgan fingerprint density at radius 2 is 2.00 bits per heavy atom. The van der Waals surface area contributed by atoms with E-state index in [2.05, 4.69) is 6.58 Å². The maximum atomic E-state index is 11.0. The van der Waals surface area contributed by atoms with E-state index in [0.717, 1.165) is 6.92 Å². The second-order valence-corrected chi connectivity index (χ2v) is 4.69. The first-order valence-corrected chi connectivity index (χ1v) is 5.30. The van der Waals surface area contributed by atoms with Gasteiger partial charge in [0.05, 0.1) is 0 Å². The van der Waals surface area contributed by atoms with Crippen molar-refractivity contribution >= 4 is 16.0 Å². The lowest BCUT2D eigenvalue weighted by Gasteiger charge is -2.22. The second-order valence-electron chi connectivity index (χ2n) is 3.23. The molecule has 0 aliphatic carbocycles. The van der Waals surface area contributed by atoms with Gasteiger partial charge in [0, 0.05) is 5.57 Å². The van der Waals surface area contributed by atoms with Crippen LogP contribution in [0.15, 0.2) is 12.2 Å². The monoisotopic (exact) mass is 223 g/mol. The van der Waals surface area contributed by atoms with Gasteiger partial charge in [0.15, 0.2) is 5.72 Å². The number of carbonyl (C=O) groups is 1. The van der Waals surface area contributed by atoms with E-state index in [1.807, 2.05) is 5.32 Å². The van der Waals surface area contributed by atoms with Gasteiger partial charge in [-0.2, -0.15) is 8.42 Å². The van der Waals surface area contributed by atoms with Gasteiger partial charge in [0.1, 0.15) is 5.75 Å². The number of carbonyl (C=O) groups excluding carboxylic acids is 1. The van der Waals surface area contributed by atoms with Gasteiger partial charge in [0.2, 0.25) is 5.91 Å². The first-order chi connectivity index (χ1) is 6.03. The van der Waals surface area contributed by atoms with Gasteiger partial charge in [-0.3, -0.25) is 9.35 Å². The van der Waals surface area contributed by atoms with Crippen molar-refractivity contribution in [3.8, 4) is 0 Å². The molecule has 0 bridgehead atoms. The highest BCUT2D eigenvalue weighted by molar-refractivity contribution is 7.85. The summed E-state index contributed by atoms with van der Waals surface area (Å²) >= 11 is 0. The standard InChI is InChI=1S/C7H13NO5S/c1-5(2)6(9)8-7(3,10)4-14(11,12)13/h10H,1,4H2,2-3H3,(H,8,9)(H,11,12,13). The molecule has 0 saturated heterocycles. The summed E-state index contributed by atoms with van der Waals surface area (Å²) in [6.07, 6.45) is 0. The number of nitrogens with one attached hydrogen (secondary N) is 1. The highest BCUT2D eigenvalue weighted by Crippen LogP contribution is 2.03. The molecule has 1 unspecified atom stereocenters. The Morgan fingerprint density at radius 3 is 2.29 bits per heavy atom. The van der Waals surface area contributed by atoms with Gasteiger partial charge in [-0.25, -0.2) is 0 Å². The van der Waals surface area contributed by atoms with Crippen molar-refractivity contribution in [3.63, 3.8) is 0 Å². The summed E-state index contributed by atoms with van der Waals surface area (Å²) in [6, 6.07) is 0. The fraction of sp³-hybridized carbons (Fsp3) is 0.571. The summed E-state index contributed by atoms with van der Waals surface area (Å²) in [5, 5.41) is 11.3. The van der Waals surface area contributed by atoms with Crippen molar-refractivity contribution in [2.24, 2.45) is 0 Å². The van der Waals surface area contributed by atoms with Crippen LogP contribution in [0.2, 0.25) is 0 Å². The third kappa shape index (κ3) is 5.68. The molecule has 0 rings (SSSR count). The Kier molecular flexibility index (Phi) is 3.81. The minimum atomic E-state index is -4.35. The zero-order chi connectivity index (χ0) is 11.6. The molecule has 0 fully saturated rings. The second kappa shape index (κ2) is 4.07. The Labute approximate surface area is 82.4 Å². The molecule has 0 heterocycles. The first-order valence-electron chi connectivity index (χ1n) is 3.69. The molecule has 1 amide bonds. The van der Waals surface area contributed by atoms with Crippen molar-refractivity contribution < 1.29 is 22.9 Å². The average molecular weight is 223 g/mol. The van der Waals surface area contributed by atoms with Gasteiger partial charge >= 0.3 is 0 Å². The molecule has 0 spiro atoms. The highest BCUT2D eigenvalue weighted by atomic mass is 32.2. The van der Waals surface area contributed by atoms with Crippen LogP contribution in [0.3, 0.4) is 0 Å². The molecule has 0 aromatic carbocycles. The van der Waals surface area contributed by atoms with Crippen LogP contribution in [0.25, 0.3) is 0 Å². The Morgan fingerprint density at radius 1 is 1.57 bits per heavy atom. The van der Waals surface area contributed by atoms with Crippen molar-refractivity contribution in [1.29, 1.82) is 0 Å². The van der Waals surface area contributed by atoms with Crippen LogP contribution in [0, 0.1) is 0 Å². The fourth-order valence-corrected chi connectivity index (χ4v) is 1.53. The van der Waals surface area contributed by atoms with Gasteiger partial charge in [0.25, 0.3) is 10.1 Å². The number of amides is 1. The van der Waals surface area contributed by atoms with E-state index in [9.17, 15) is 18.3 Å².